The zero-order chi connectivity index (χ0) is 37.8. The summed E-state index contributed by atoms with van der Waals surface area (Å²) in [5.41, 5.74) is 3.73. The number of benzene rings is 4. The van der Waals surface area contributed by atoms with Gasteiger partial charge in [0.1, 0.15) is 40.4 Å². The van der Waals surface area contributed by atoms with E-state index in [1.165, 1.54) is 6.20 Å². The molecule has 0 radical (unpaired) electrons. The lowest BCUT2D eigenvalue weighted by atomic mass is 10.1. The van der Waals surface area contributed by atoms with E-state index < -0.39 is 30.9 Å². The topological polar surface area (TPSA) is 169 Å². The van der Waals surface area contributed by atoms with Crippen LogP contribution in [0.4, 0.5) is 0 Å². The van der Waals surface area contributed by atoms with Crippen molar-refractivity contribution in [2.45, 2.75) is 34.2 Å². The number of nitrogens with zero attached hydrogens (tertiary/aromatic N) is 2. The molecule has 0 saturated carbocycles. The Labute approximate surface area is 309 Å². The van der Waals surface area contributed by atoms with Crippen molar-refractivity contribution in [2.24, 2.45) is 0 Å². The molecule has 6 rings (SSSR count). The average molecular weight is 735 g/mol. The van der Waals surface area contributed by atoms with E-state index in [2.05, 4.69) is 20.6 Å². The Morgan fingerprint density at radius 2 is 1.28 bits per heavy atom. The second kappa shape index (κ2) is 15.6. The number of hydrogen-bond acceptors (Lipinski definition) is 11. The molecular weight excluding hydrogens is 700 g/mol. The van der Waals surface area contributed by atoms with E-state index in [1.54, 1.807) is 36.4 Å². The molecule has 4 aromatic carbocycles. The molecule has 0 unspecified atom stereocenters. The van der Waals surface area contributed by atoms with Crippen LogP contribution in [0.25, 0.3) is 21.5 Å². The number of esters is 2. The Balaban J connectivity index is 1.00. The third-order valence-electron chi connectivity index (χ3n) is 8.47. The molecular formula is C40H35ClN4O8. The molecule has 1 amide bonds. The Morgan fingerprint density at radius 1 is 0.717 bits per heavy atom. The van der Waals surface area contributed by atoms with Gasteiger partial charge in [-0.1, -0.05) is 48.0 Å². The van der Waals surface area contributed by atoms with Crippen LogP contribution in [0.3, 0.4) is 0 Å². The molecule has 0 saturated heterocycles. The highest BCUT2D eigenvalue weighted by Gasteiger charge is 2.20. The lowest BCUT2D eigenvalue weighted by molar-refractivity contribution is -0.158. The molecule has 0 aliphatic rings. The van der Waals surface area contributed by atoms with Gasteiger partial charge in [0.25, 0.3) is 5.91 Å². The molecule has 6 aromatic rings. The van der Waals surface area contributed by atoms with Crippen molar-refractivity contribution in [3.63, 3.8) is 0 Å². The molecule has 2 heterocycles. The minimum absolute atomic E-state index is 0.0752. The predicted molar refractivity (Wildman–Crippen MR) is 199 cm³/mol. The van der Waals surface area contributed by atoms with Gasteiger partial charge in [-0.2, -0.15) is 0 Å². The highest BCUT2D eigenvalue weighted by molar-refractivity contribution is 6.34. The van der Waals surface area contributed by atoms with Crippen molar-refractivity contribution < 1.29 is 38.8 Å². The fourth-order valence-electron chi connectivity index (χ4n) is 5.76. The summed E-state index contributed by atoms with van der Waals surface area (Å²) in [6.07, 6.45) is 1.41. The number of nitrogens with one attached hydrogen (secondary N) is 2. The number of rotatable bonds is 11. The SMILES string of the molecule is Cc1cccc(C)c1Oc1ccc2c(O)c(C(=O)NCC(=O)OC(=O)CNCc3nc(Cl)c4cc(Oc5c(C)cccc5C)ccc4c3O)ncc2c1. The van der Waals surface area contributed by atoms with E-state index in [-0.39, 0.29) is 34.6 Å². The maximum Gasteiger partial charge on any atom is 0.333 e. The van der Waals surface area contributed by atoms with Crippen LogP contribution in [0.2, 0.25) is 5.15 Å². The van der Waals surface area contributed by atoms with Gasteiger partial charge in [0.2, 0.25) is 0 Å². The summed E-state index contributed by atoms with van der Waals surface area (Å²) >= 11 is 6.47. The summed E-state index contributed by atoms with van der Waals surface area (Å²) < 4.78 is 16.9. The van der Waals surface area contributed by atoms with Crippen LogP contribution in [0, 0.1) is 27.7 Å². The lowest BCUT2D eigenvalue weighted by Crippen LogP contribution is -2.34. The summed E-state index contributed by atoms with van der Waals surface area (Å²) in [6.45, 7) is 6.63. The number of para-hydroxylation sites is 2. The maximum atomic E-state index is 12.8. The number of aromatic nitrogens is 2. The molecule has 2 aromatic heterocycles. The maximum absolute atomic E-state index is 12.8. The lowest BCUT2D eigenvalue weighted by Gasteiger charge is -2.14. The van der Waals surface area contributed by atoms with Crippen molar-refractivity contribution in [1.82, 2.24) is 20.6 Å². The number of carbonyl (C=O) groups is 3. The van der Waals surface area contributed by atoms with Gasteiger partial charge in [-0.3, -0.25) is 9.59 Å². The third kappa shape index (κ3) is 8.14. The molecule has 4 N–H and O–H groups in total. The van der Waals surface area contributed by atoms with E-state index in [0.717, 1.165) is 33.8 Å². The number of hydrogen-bond donors (Lipinski definition) is 4. The molecule has 0 aliphatic carbocycles. The van der Waals surface area contributed by atoms with E-state index in [0.29, 0.717) is 33.0 Å². The molecule has 0 atom stereocenters. The number of pyridine rings is 2. The molecule has 270 valence electrons. The highest BCUT2D eigenvalue weighted by atomic mass is 35.5. The predicted octanol–water partition coefficient (Wildman–Crippen LogP) is 7.26. The first kappa shape index (κ1) is 36.5. The quantitative estimate of drug-likeness (QED) is 0.0601. The minimum atomic E-state index is -1.03. The molecule has 53 heavy (non-hydrogen) atoms. The fraction of sp³-hybridized carbons (Fsp3) is 0.175. The first-order valence-corrected chi connectivity index (χ1v) is 16.9. The van der Waals surface area contributed by atoms with Gasteiger partial charge in [0.05, 0.1) is 12.2 Å². The van der Waals surface area contributed by atoms with E-state index in [4.69, 9.17) is 25.8 Å². The Morgan fingerprint density at radius 3 is 1.91 bits per heavy atom. The van der Waals surface area contributed by atoms with E-state index >= 15 is 0 Å². The first-order valence-electron chi connectivity index (χ1n) is 16.5. The number of aryl methyl sites for hydroxylation is 4. The van der Waals surface area contributed by atoms with Gasteiger partial charge in [-0.05, 0) is 86.3 Å². The van der Waals surface area contributed by atoms with Gasteiger partial charge in [0.15, 0.2) is 11.4 Å². The zero-order valence-corrected chi connectivity index (χ0v) is 30.0. The van der Waals surface area contributed by atoms with E-state index in [1.807, 2.05) is 64.1 Å². The van der Waals surface area contributed by atoms with Crippen LogP contribution < -0.4 is 20.1 Å². The minimum Gasteiger partial charge on any atom is -0.505 e. The second-order valence-corrected chi connectivity index (χ2v) is 12.7. The number of ether oxygens (including phenoxy) is 3. The number of carbonyl (C=O) groups excluding carboxylic acids is 3. The Kier molecular flexibility index (Phi) is 10.7. The number of halogens is 1. The molecule has 0 fully saturated rings. The van der Waals surface area contributed by atoms with Crippen LogP contribution in [0.5, 0.6) is 34.5 Å². The van der Waals surface area contributed by atoms with Gasteiger partial charge < -0.3 is 35.1 Å². The van der Waals surface area contributed by atoms with E-state index in [9.17, 15) is 24.6 Å². The molecule has 0 aliphatic heterocycles. The smallest absolute Gasteiger partial charge is 0.333 e. The molecule has 13 heteroatoms. The van der Waals surface area contributed by atoms with Crippen molar-refractivity contribution in [1.29, 1.82) is 0 Å². The first-order chi connectivity index (χ1) is 25.4. The van der Waals surface area contributed by atoms with Gasteiger partial charge in [0, 0.05) is 34.3 Å². The van der Waals surface area contributed by atoms with Crippen LogP contribution >= 0.6 is 11.6 Å². The average Bonchev–Trinajstić information content (AvgIpc) is 3.12. The monoisotopic (exact) mass is 734 g/mol. The third-order valence-corrected chi connectivity index (χ3v) is 8.75. The summed E-state index contributed by atoms with van der Waals surface area (Å²) in [6, 6.07) is 21.7. The Hall–Kier alpha value is -6.24. The normalized spacial score (nSPS) is 11.0. The van der Waals surface area contributed by atoms with Crippen molar-refractivity contribution in [3.8, 4) is 34.5 Å². The molecule has 0 bridgehead atoms. The number of amides is 1. The fourth-order valence-corrected chi connectivity index (χ4v) is 6.02. The van der Waals surface area contributed by atoms with Crippen molar-refractivity contribution in [3.05, 3.63) is 118 Å². The van der Waals surface area contributed by atoms with Crippen LogP contribution in [0.1, 0.15) is 38.4 Å². The van der Waals surface area contributed by atoms with Crippen LogP contribution in [-0.4, -0.2) is 51.1 Å². The summed E-state index contributed by atoms with van der Waals surface area (Å²) in [5.74, 6) is -0.844. The van der Waals surface area contributed by atoms with Gasteiger partial charge in [-0.15, -0.1) is 0 Å². The van der Waals surface area contributed by atoms with Crippen LogP contribution in [-0.2, 0) is 20.9 Å². The molecule has 12 nitrogen and oxygen atoms in total. The number of fused-ring (bicyclic) bond motifs is 2. The van der Waals surface area contributed by atoms with Gasteiger partial charge >= 0.3 is 11.9 Å². The van der Waals surface area contributed by atoms with Gasteiger partial charge in [-0.25, -0.2) is 14.8 Å². The number of aromatic hydroxyl groups is 2. The second-order valence-electron chi connectivity index (χ2n) is 12.4. The highest BCUT2D eigenvalue weighted by Crippen LogP contribution is 2.37. The van der Waals surface area contributed by atoms with Crippen molar-refractivity contribution >= 4 is 51.0 Å². The standard InChI is InChI=1S/C40H35ClN4O8/c1-21-7-5-8-22(2)37(21)51-26-11-13-28-25(15-26)17-43-34(36(28)49)40(50)44-20-33(47)53-32(46)19-42-18-31-35(48)29-14-12-27(16-30(29)39(41)45-31)52-38-23(3)9-6-10-24(38)4/h5-17,42,48-49H,18-20H2,1-4H3,(H,44,50). The zero-order valence-electron chi connectivity index (χ0n) is 29.2. The summed E-state index contributed by atoms with van der Waals surface area (Å²) in [4.78, 5) is 45.8. The van der Waals surface area contributed by atoms with Crippen LogP contribution in [0.15, 0.2) is 79.0 Å². The molecule has 0 spiro atoms. The summed E-state index contributed by atoms with van der Waals surface area (Å²) in [7, 11) is 0. The summed E-state index contributed by atoms with van der Waals surface area (Å²) in [5, 5.41) is 28.7. The van der Waals surface area contributed by atoms with Crippen molar-refractivity contribution in [2.75, 3.05) is 13.1 Å². The Bertz CT molecular complexity index is 2380. The largest absolute Gasteiger partial charge is 0.505 e.